The maximum Gasteiger partial charge on any atom is 0.222 e. The number of nitrogens with two attached hydrogens (primary N) is 1. The van der Waals surface area contributed by atoms with Crippen LogP contribution in [-0.4, -0.2) is 18.0 Å². The second-order valence-corrected chi connectivity index (χ2v) is 6.79. The first-order valence-corrected chi connectivity index (χ1v) is 7.36. The van der Waals surface area contributed by atoms with E-state index in [1.165, 1.54) is 6.42 Å². The van der Waals surface area contributed by atoms with Crippen LogP contribution in [-0.2, 0) is 4.79 Å². The van der Waals surface area contributed by atoms with Crippen molar-refractivity contribution in [3.8, 4) is 0 Å². The third-order valence-corrected chi connectivity index (χ3v) is 4.13. The molecular weight excluding hydrogens is 224 g/mol. The lowest BCUT2D eigenvalue weighted by atomic mass is 9.75. The summed E-state index contributed by atoms with van der Waals surface area (Å²) in [6.45, 7) is 11.1. The molecule has 5 unspecified atom stereocenters. The normalized spacial score (nSPS) is 34.6. The topological polar surface area (TPSA) is 55.1 Å². The molecule has 0 radical (unpaired) electrons. The van der Waals surface area contributed by atoms with Gasteiger partial charge < -0.3 is 11.1 Å². The number of hydrogen-bond donors (Lipinski definition) is 2. The van der Waals surface area contributed by atoms with E-state index in [-0.39, 0.29) is 17.9 Å². The van der Waals surface area contributed by atoms with Gasteiger partial charge in [-0.25, -0.2) is 0 Å². The lowest BCUT2D eigenvalue weighted by molar-refractivity contribution is -0.125. The molecule has 3 nitrogen and oxygen atoms in total. The summed E-state index contributed by atoms with van der Waals surface area (Å²) in [5, 5.41) is 3.58. The van der Waals surface area contributed by atoms with Gasteiger partial charge in [0.1, 0.15) is 0 Å². The standard InChI is InChI=1S/C15H30N2O/c1-9(2)6-10(3)7-13-14(15(16)18)11(4)8-12(5)17-13/h9-14,17H,6-8H2,1-5H3,(H2,16,18). The minimum atomic E-state index is -0.136. The number of carbonyl (C=O) groups excluding carboxylic acids is 1. The smallest absolute Gasteiger partial charge is 0.222 e. The van der Waals surface area contributed by atoms with E-state index >= 15 is 0 Å². The average Bonchev–Trinajstić information content (AvgIpc) is 2.12. The number of hydrogen-bond acceptors (Lipinski definition) is 2. The molecule has 1 aliphatic heterocycles. The second-order valence-electron chi connectivity index (χ2n) is 6.79. The fourth-order valence-electron chi connectivity index (χ4n) is 3.67. The van der Waals surface area contributed by atoms with Crippen molar-refractivity contribution in [1.82, 2.24) is 5.32 Å². The lowest BCUT2D eigenvalue weighted by Gasteiger charge is -2.40. The Morgan fingerprint density at radius 3 is 2.44 bits per heavy atom. The maximum atomic E-state index is 11.7. The van der Waals surface area contributed by atoms with Gasteiger partial charge in [-0.1, -0.05) is 27.7 Å². The van der Waals surface area contributed by atoms with E-state index in [1.807, 2.05) is 0 Å². The van der Waals surface area contributed by atoms with Crippen molar-refractivity contribution >= 4 is 5.91 Å². The van der Waals surface area contributed by atoms with Gasteiger partial charge in [-0.05, 0) is 43.9 Å². The van der Waals surface area contributed by atoms with Gasteiger partial charge in [-0.15, -0.1) is 0 Å². The Kier molecular flexibility index (Phi) is 5.64. The quantitative estimate of drug-likeness (QED) is 0.792. The van der Waals surface area contributed by atoms with Crippen molar-refractivity contribution < 1.29 is 4.79 Å². The van der Waals surface area contributed by atoms with Crippen LogP contribution in [0.15, 0.2) is 0 Å². The Balaban J connectivity index is 2.66. The zero-order valence-electron chi connectivity index (χ0n) is 12.6. The molecule has 0 aromatic carbocycles. The zero-order chi connectivity index (χ0) is 13.9. The van der Waals surface area contributed by atoms with Gasteiger partial charge in [0, 0.05) is 12.1 Å². The molecule has 3 heteroatoms. The van der Waals surface area contributed by atoms with E-state index in [9.17, 15) is 4.79 Å². The summed E-state index contributed by atoms with van der Waals surface area (Å²) in [5.41, 5.74) is 5.59. The molecular formula is C15H30N2O. The van der Waals surface area contributed by atoms with E-state index in [4.69, 9.17) is 5.73 Å². The van der Waals surface area contributed by atoms with Crippen molar-refractivity contribution in [3.63, 3.8) is 0 Å². The summed E-state index contributed by atoms with van der Waals surface area (Å²) >= 11 is 0. The zero-order valence-corrected chi connectivity index (χ0v) is 12.6. The van der Waals surface area contributed by atoms with Gasteiger partial charge in [0.2, 0.25) is 5.91 Å². The number of rotatable bonds is 5. The molecule has 0 bridgehead atoms. The Bertz CT molecular complexity index is 278. The maximum absolute atomic E-state index is 11.7. The van der Waals surface area contributed by atoms with Crippen LogP contribution < -0.4 is 11.1 Å². The Labute approximate surface area is 112 Å². The summed E-state index contributed by atoms with van der Waals surface area (Å²) in [7, 11) is 0. The first kappa shape index (κ1) is 15.5. The van der Waals surface area contributed by atoms with Gasteiger partial charge in [0.05, 0.1) is 5.92 Å². The fraction of sp³-hybridized carbons (Fsp3) is 0.933. The predicted octanol–water partition coefficient (Wildman–Crippen LogP) is 2.55. The van der Waals surface area contributed by atoms with Crippen molar-refractivity contribution in [2.75, 3.05) is 0 Å². The first-order chi connectivity index (χ1) is 8.31. The summed E-state index contributed by atoms with van der Waals surface area (Å²) < 4.78 is 0. The van der Waals surface area contributed by atoms with E-state index in [0.29, 0.717) is 23.8 Å². The highest BCUT2D eigenvalue weighted by Crippen LogP contribution is 2.30. The summed E-state index contributed by atoms with van der Waals surface area (Å²) in [6.07, 6.45) is 3.32. The fourth-order valence-corrected chi connectivity index (χ4v) is 3.67. The van der Waals surface area contributed by atoms with E-state index in [0.717, 1.165) is 12.8 Å². The molecule has 0 aliphatic carbocycles. The van der Waals surface area contributed by atoms with Crippen LogP contribution >= 0.6 is 0 Å². The Hall–Kier alpha value is -0.570. The summed E-state index contributed by atoms with van der Waals surface area (Å²) in [5.74, 6) is 1.61. The van der Waals surface area contributed by atoms with Crippen molar-refractivity contribution in [2.24, 2.45) is 29.4 Å². The monoisotopic (exact) mass is 254 g/mol. The van der Waals surface area contributed by atoms with E-state index in [2.05, 4.69) is 39.9 Å². The highest BCUT2D eigenvalue weighted by atomic mass is 16.1. The summed E-state index contributed by atoms with van der Waals surface area (Å²) in [4.78, 5) is 11.7. The number of amides is 1. The van der Waals surface area contributed by atoms with Gasteiger partial charge in [0.25, 0.3) is 0 Å². The number of piperidine rings is 1. The molecule has 3 N–H and O–H groups in total. The van der Waals surface area contributed by atoms with Crippen LogP contribution in [0, 0.1) is 23.7 Å². The van der Waals surface area contributed by atoms with Gasteiger partial charge in [0.15, 0.2) is 0 Å². The van der Waals surface area contributed by atoms with Crippen LogP contribution in [0.1, 0.15) is 53.9 Å². The van der Waals surface area contributed by atoms with E-state index in [1.54, 1.807) is 0 Å². The molecule has 0 aromatic heterocycles. The van der Waals surface area contributed by atoms with Crippen molar-refractivity contribution in [1.29, 1.82) is 0 Å². The third kappa shape index (κ3) is 4.27. The molecule has 0 spiro atoms. The lowest BCUT2D eigenvalue weighted by Crippen LogP contribution is -2.54. The predicted molar refractivity (Wildman–Crippen MR) is 76.1 cm³/mol. The largest absolute Gasteiger partial charge is 0.369 e. The van der Waals surface area contributed by atoms with Crippen LogP contribution in [0.25, 0.3) is 0 Å². The number of nitrogens with one attached hydrogen (secondary N) is 1. The molecule has 5 atom stereocenters. The van der Waals surface area contributed by atoms with Gasteiger partial charge in [-0.3, -0.25) is 4.79 Å². The highest BCUT2D eigenvalue weighted by molar-refractivity contribution is 5.77. The van der Waals surface area contributed by atoms with Crippen LogP contribution in [0.4, 0.5) is 0 Å². The Morgan fingerprint density at radius 2 is 1.94 bits per heavy atom. The molecule has 18 heavy (non-hydrogen) atoms. The summed E-state index contributed by atoms with van der Waals surface area (Å²) in [6, 6.07) is 0.752. The van der Waals surface area contributed by atoms with Crippen molar-refractivity contribution in [2.45, 2.75) is 66.0 Å². The average molecular weight is 254 g/mol. The van der Waals surface area contributed by atoms with Gasteiger partial charge in [-0.2, -0.15) is 0 Å². The van der Waals surface area contributed by atoms with E-state index < -0.39 is 0 Å². The molecule has 0 saturated carbocycles. The number of carbonyl (C=O) groups is 1. The Morgan fingerprint density at radius 1 is 1.33 bits per heavy atom. The van der Waals surface area contributed by atoms with Gasteiger partial charge >= 0.3 is 0 Å². The first-order valence-electron chi connectivity index (χ1n) is 7.36. The number of primary amides is 1. The SMILES string of the molecule is CC(C)CC(C)CC1NC(C)CC(C)C1C(N)=O. The molecule has 1 fully saturated rings. The van der Waals surface area contributed by atoms with Crippen molar-refractivity contribution in [3.05, 3.63) is 0 Å². The minimum absolute atomic E-state index is 0.00388. The third-order valence-electron chi connectivity index (χ3n) is 4.13. The molecule has 1 saturated heterocycles. The molecule has 1 rings (SSSR count). The molecule has 0 aromatic rings. The minimum Gasteiger partial charge on any atom is -0.369 e. The molecule has 1 amide bonds. The molecule has 106 valence electrons. The van der Waals surface area contributed by atoms with Crippen LogP contribution in [0.2, 0.25) is 0 Å². The second kappa shape index (κ2) is 6.55. The highest BCUT2D eigenvalue weighted by Gasteiger charge is 2.37. The van der Waals surface area contributed by atoms with Crippen LogP contribution in [0.3, 0.4) is 0 Å². The van der Waals surface area contributed by atoms with Crippen LogP contribution in [0.5, 0.6) is 0 Å². The molecule has 1 aliphatic rings. The molecule has 1 heterocycles.